The Morgan fingerprint density at radius 2 is 1.68 bits per heavy atom. The minimum atomic E-state index is -4.50. The first-order chi connectivity index (χ1) is 13.4. The number of ether oxygens (including phenoxy) is 1. The average Bonchev–Trinajstić information content (AvgIpc) is 2.69. The number of rotatable bonds is 5. The molecule has 1 heterocycles. The van der Waals surface area contributed by atoms with Crippen molar-refractivity contribution in [1.29, 1.82) is 0 Å². The Hall–Kier alpha value is -3.62. The van der Waals surface area contributed by atoms with Gasteiger partial charge in [0.2, 0.25) is 0 Å². The molecule has 2 N–H and O–H groups in total. The van der Waals surface area contributed by atoms with Crippen molar-refractivity contribution in [3.8, 4) is 5.75 Å². The van der Waals surface area contributed by atoms with Crippen LogP contribution in [0.15, 0.2) is 60.7 Å². The molecule has 0 aliphatic heterocycles. The molecule has 0 saturated carbocycles. The van der Waals surface area contributed by atoms with Crippen LogP contribution in [0.3, 0.4) is 0 Å². The molecule has 6 nitrogen and oxygen atoms in total. The van der Waals surface area contributed by atoms with Gasteiger partial charge in [0.1, 0.15) is 5.75 Å². The first-order valence-corrected chi connectivity index (χ1v) is 8.09. The third-order valence-electron chi connectivity index (χ3n) is 3.73. The van der Waals surface area contributed by atoms with E-state index in [2.05, 4.69) is 20.8 Å². The number of hydrogen-bond acceptors (Lipinski definition) is 5. The number of hydrogen-bond donors (Lipinski definition) is 2. The number of para-hydroxylation sites is 1. The molecule has 0 radical (unpaired) electrons. The summed E-state index contributed by atoms with van der Waals surface area (Å²) in [6.45, 7) is 0. The predicted molar refractivity (Wildman–Crippen MR) is 97.7 cm³/mol. The van der Waals surface area contributed by atoms with Crippen LogP contribution in [0.25, 0.3) is 0 Å². The fourth-order valence-electron chi connectivity index (χ4n) is 2.40. The second-order valence-corrected chi connectivity index (χ2v) is 5.66. The summed E-state index contributed by atoms with van der Waals surface area (Å²) in [5.74, 6) is 0.372. The molecule has 9 heteroatoms. The van der Waals surface area contributed by atoms with Gasteiger partial charge in [0.15, 0.2) is 11.6 Å². The molecule has 0 aliphatic rings. The van der Waals surface area contributed by atoms with Gasteiger partial charge in [0.25, 0.3) is 5.91 Å². The summed E-state index contributed by atoms with van der Waals surface area (Å²) < 4.78 is 44.2. The van der Waals surface area contributed by atoms with Crippen LogP contribution < -0.4 is 15.4 Å². The standard InChI is InChI=1S/C19H15F3N4O2/c1-28-13-6-4-5-12(11-13)18(27)24-17-10-9-16(25-26-17)23-15-8-3-2-7-14(15)19(20,21)22/h2-11H,1H3,(H,23,25)(H,24,26,27). The van der Waals surface area contributed by atoms with Crippen LogP contribution in [-0.2, 0) is 6.18 Å². The van der Waals surface area contributed by atoms with Gasteiger partial charge in [-0.1, -0.05) is 18.2 Å². The molecule has 1 amide bonds. The Labute approximate surface area is 158 Å². The van der Waals surface area contributed by atoms with Gasteiger partial charge in [-0.3, -0.25) is 4.79 Å². The molecule has 0 aliphatic carbocycles. The number of alkyl halides is 3. The van der Waals surface area contributed by atoms with Crippen LogP contribution >= 0.6 is 0 Å². The van der Waals surface area contributed by atoms with Gasteiger partial charge in [0.05, 0.1) is 18.4 Å². The fourth-order valence-corrected chi connectivity index (χ4v) is 2.40. The number of methoxy groups -OCH3 is 1. The molecule has 28 heavy (non-hydrogen) atoms. The molecule has 3 rings (SSSR count). The fraction of sp³-hybridized carbons (Fsp3) is 0.105. The Balaban J connectivity index is 1.71. The van der Waals surface area contributed by atoms with Gasteiger partial charge >= 0.3 is 6.18 Å². The SMILES string of the molecule is COc1cccc(C(=O)Nc2ccc(Nc3ccccc3C(F)(F)F)nn2)c1. The third kappa shape index (κ3) is 4.56. The lowest BCUT2D eigenvalue weighted by molar-refractivity contribution is -0.136. The van der Waals surface area contributed by atoms with Crippen LogP contribution in [0.5, 0.6) is 5.75 Å². The minimum Gasteiger partial charge on any atom is -0.497 e. The van der Waals surface area contributed by atoms with E-state index in [1.807, 2.05) is 0 Å². The molecule has 0 spiro atoms. The number of amides is 1. The van der Waals surface area contributed by atoms with E-state index in [1.165, 1.54) is 37.4 Å². The van der Waals surface area contributed by atoms with E-state index in [-0.39, 0.29) is 17.3 Å². The van der Waals surface area contributed by atoms with Gasteiger partial charge < -0.3 is 15.4 Å². The Morgan fingerprint density at radius 1 is 0.964 bits per heavy atom. The summed E-state index contributed by atoms with van der Waals surface area (Å²) in [5, 5.41) is 12.8. The predicted octanol–water partition coefficient (Wildman–Crippen LogP) is 4.50. The summed E-state index contributed by atoms with van der Waals surface area (Å²) in [5.41, 5.74) is -0.591. The van der Waals surface area contributed by atoms with Crippen LogP contribution in [0.4, 0.5) is 30.5 Å². The van der Waals surface area contributed by atoms with Crippen LogP contribution in [0.1, 0.15) is 15.9 Å². The van der Waals surface area contributed by atoms with Crippen molar-refractivity contribution in [2.24, 2.45) is 0 Å². The van der Waals surface area contributed by atoms with Crippen molar-refractivity contribution >= 4 is 23.2 Å². The molecule has 0 fully saturated rings. The van der Waals surface area contributed by atoms with E-state index >= 15 is 0 Å². The maximum Gasteiger partial charge on any atom is 0.418 e. The topological polar surface area (TPSA) is 76.1 Å². The smallest absolute Gasteiger partial charge is 0.418 e. The highest BCUT2D eigenvalue weighted by atomic mass is 19.4. The summed E-state index contributed by atoms with van der Waals surface area (Å²) in [6.07, 6.45) is -4.50. The molecule has 1 aromatic heterocycles. The van der Waals surface area contributed by atoms with Crippen molar-refractivity contribution in [2.45, 2.75) is 6.18 Å². The molecule has 0 saturated heterocycles. The van der Waals surface area contributed by atoms with Gasteiger partial charge in [-0.05, 0) is 42.5 Å². The second kappa shape index (κ2) is 7.95. The highest BCUT2D eigenvalue weighted by Gasteiger charge is 2.33. The van der Waals surface area contributed by atoms with Crippen molar-refractivity contribution < 1.29 is 22.7 Å². The number of aromatic nitrogens is 2. The van der Waals surface area contributed by atoms with Crippen molar-refractivity contribution in [2.75, 3.05) is 17.7 Å². The Morgan fingerprint density at radius 3 is 2.36 bits per heavy atom. The quantitative estimate of drug-likeness (QED) is 0.673. The zero-order chi connectivity index (χ0) is 20.1. The molecular weight excluding hydrogens is 373 g/mol. The largest absolute Gasteiger partial charge is 0.497 e. The molecule has 3 aromatic rings. The molecule has 0 atom stereocenters. The third-order valence-corrected chi connectivity index (χ3v) is 3.73. The number of halogens is 3. The van der Waals surface area contributed by atoms with Crippen molar-refractivity contribution in [3.63, 3.8) is 0 Å². The summed E-state index contributed by atoms with van der Waals surface area (Å²) in [6, 6.07) is 14.4. The second-order valence-electron chi connectivity index (χ2n) is 5.66. The number of carbonyl (C=O) groups excluding carboxylic acids is 1. The lowest BCUT2D eigenvalue weighted by Gasteiger charge is -2.13. The van der Waals surface area contributed by atoms with Crippen LogP contribution in [0.2, 0.25) is 0 Å². The van der Waals surface area contributed by atoms with E-state index in [9.17, 15) is 18.0 Å². The number of anilines is 3. The highest BCUT2D eigenvalue weighted by molar-refractivity contribution is 6.04. The molecule has 0 unspecified atom stereocenters. The van der Waals surface area contributed by atoms with E-state index in [0.717, 1.165) is 6.07 Å². The Bertz CT molecular complexity index is 975. The summed E-state index contributed by atoms with van der Waals surface area (Å²) in [7, 11) is 1.49. The van der Waals surface area contributed by atoms with Gasteiger partial charge in [-0.25, -0.2) is 0 Å². The van der Waals surface area contributed by atoms with E-state index in [1.54, 1.807) is 24.3 Å². The normalized spacial score (nSPS) is 11.0. The van der Waals surface area contributed by atoms with Crippen molar-refractivity contribution in [1.82, 2.24) is 10.2 Å². The first kappa shape index (κ1) is 19.2. The lowest BCUT2D eigenvalue weighted by Crippen LogP contribution is -2.14. The van der Waals surface area contributed by atoms with Crippen LogP contribution in [0, 0.1) is 0 Å². The van der Waals surface area contributed by atoms with E-state index in [0.29, 0.717) is 11.3 Å². The molecule has 0 bridgehead atoms. The first-order valence-electron chi connectivity index (χ1n) is 8.09. The summed E-state index contributed by atoms with van der Waals surface area (Å²) in [4.78, 5) is 12.2. The zero-order valence-corrected chi connectivity index (χ0v) is 14.6. The average molecular weight is 388 g/mol. The number of nitrogens with one attached hydrogen (secondary N) is 2. The molecular formula is C19H15F3N4O2. The highest BCUT2D eigenvalue weighted by Crippen LogP contribution is 2.35. The van der Waals surface area contributed by atoms with Gasteiger partial charge in [-0.2, -0.15) is 13.2 Å². The number of benzene rings is 2. The maximum absolute atomic E-state index is 13.0. The monoisotopic (exact) mass is 388 g/mol. The van der Waals surface area contributed by atoms with E-state index in [4.69, 9.17) is 4.74 Å². The lowest BCUT2D eigenvalue weighted by atomic mass is 10.1. The molecule has 144 valence electrons. The Kier molecular flexibility index (Phi) is 5.44. The van der Waals surface area contributed by atoms with Crippen molar-refractivity contribution in [3.05, 3.63) is 71.8 Å². The zero-order valence-electron chi connectivity index (χ0n) is 14.6. The minimum absolute atomic E-state index is 0.107. The molecule has 2 aromatic carbocycles. The maximum atomic E-state index is 13.0. The number of nitrogens with zero attached hydrogens (tertiary/aromatic N) is 2. The van der Waals surface area contributed by atoms with Gasteiger partial charge in [-0.15, -0.1) is 10.2 Å². The van der Waals surface area contributed by atoms with Crippen LogP contribution in [-0.4, -0.2) is 23.2 Å². The van der Waals surface area contributed by atoms with Gasteiger partial charge in [0, 0.05) is 5.56 Å². The number of carbonyl (C=O) groups is 1. The summed E-state index contributed by atoms with van der Waals surface area (Å²) >= 11 is 0. The van der Waals surface area contributed by atoms with E-state index < -0.39 is 17.6 Å².